The summed E-state index contributed by atoms with van der Waals surface area (Å²) >= 11 is 0. The smallest absolute Gasteiger partial charge is 0.744 e. The second kappa shape index (κ2) is 14.2. The van der Waals surface area contributed by atoms with Crippen LogP contribution in [-0.4, -0.2) is 91.8 Å². The SMILES string of the molecule is O=S(=O)([O-])c1c(S(=O)(=O)[O-])c(S(=O)(=O)[O-])c2c3nc4nc(nc5[nH]c(nc6nc(nc([nH]3)c2c1S(=O)(=O)[O-])-c1ccccc1-6)c1ccccc51)-c1ccccc1-4.[Hg+2].[Hg+2]. The number of nitrogens with zero attached hydrogens (tertiary/aromatic N) is 6. The van der Waals surface area contributed by atoms with Gasteiger partial charge in [0.25, 0.3) is 0 Å². The van der Waals surface area contributed by atoms with Crippen LogP contribution < -0.4 is 0 Å². The van der Waals surface area contributed by atoms with Crippen LogP contribution in [0.2, 0.25) is 0 Å². The summed E-state index contributed by atoms with van der Waals surface area (Å²) in [6.07, 6.45) is 0. The van der Waals surface area contributed by atoms with E-state index < -0.39 is 82.1 Å². The van der Waals surface area contributed by atoms with Gasteiger partial charge >= 0.3 is 55.3 Å². The zero-order valence-corrected chi connectivity index (χ0v) is 42.8. The fourth-order valence-electron chi connectivity index (χ4n) is 6.72. The largest absolute Gasteiger partial charge is 2.00 e. The van der Waals surface area contributed by atoms with Crippen LogP contribution in [0.25, 0.3) is 89.7 Å². The summed E-state index contributed by atoms with van der Waals surface area (Å²) in [5.41, 5.74) is -0.283. The van der Waals surface area contributed by atoms with Crippen LogP contribution in [0, 0.1) is 0 Å². The van der Waals surface area contributed by atoms with Gasteiger partial charge in [0.1, 0.15) is 63.1 Å². The first kappa shape index (κ1) is 41.9. The van der Waals surface area contributed by atoms with E-state index in [2.05, 4.69) is 29.9 Å². The van der Waals surface area contributed by atoms with Crippen LogP contribution >= 0.6 is 0 Å². The second-order valence-corrected chi connectivity index (χ2v) is 17.4. The fourth-order valence-corrected chi connectivity index (χ4v) is 11.6. The number of fused-ring (bicyclic) bond motifs is 20. The van der Waals surface area contributed by atoms with Gasteiger partial charge in [0, 0.05) is 43.8 Å². The van der Waals surface area contributed by atoms with E-state index in [1.807, 2.05) is 0 Å². The molecule has 282 valence electrons. The minimum Gasteiger partial charge on any atom is -0.744 e. The van der Waals surface area contributed by atoms with E-state index in [4.69, 9.17) is 9.97 Å². The molecule has 0 spiro atoms. The summed E-state index contributed by atoms with van der Waals surface area (Å²) in [7, 11) is -26.0. The first-order valence-electron chi connectivity index (χ1n) is 15.5. The Kier molecular flexibility index (Phi) is 10.3. The summed E-state index contributed by atoms with van der Waals surface area (Å²) < 4.78 is 154. The number of H-pyrrole nitrogens is 2. The first-order chi connectivity index (χ1) is 26.3. The standard InChI is InChI=1S/C32H18N8O12S4.2Hg/c41-53(42,43)21-19-20(22(54(44,45)46)24(56(50,51)52)23(21)55(47,48)49)32-39-30-18-12-6-4-10-16(18)28(37-30)35-26-14-8-2-1-7-13(14)25(33-26)34-27-15-9-3-5-11-17(15)29(36-27)38-31(19)40-32;;/h1-12H,(H,41,42,43)(H,44,45,46)(H,47,48,49)(H,50,51,52)(H2,33,34,35,36,37,38,39,40);;/q;2*+2/p-4. The molecule has 0 aliphatic carbocycles. The molecule has 8 bridgehead atoms. The summed E-state index contributed by atoms with van der Waals surface area (Å²) in [4.78, 5) is 23.0. The van der Waals surface area contributed by atoms with Crippen molar-refractivity contribution in [2.24, 2.45) is 0 Å². The number of hydrogen-bond donors (Lipinski definition) is 2. The van der Waals surface area contributed by atoms with Crippen molar-refractivity contribution in [1.82, 2.24) is 39.9 Å². The van der Waals surface area contributed by atoms with E-state index in [0.29, 0.717) is 21.9 Å². The molecule has 0 saturated heterocycles. The average Bonchev–Trinajstić information content (AvgIpc) is 3.84. The Bertz CT molecular complexity index is 3390. The Morgan fingerprint density at radius 1 is 0.362 bits per heavy atom. The molecule has 0 radical (unpaired) electrons. The molecule has 4 aromatic carbocycles. The third-order valence-electron chi connectivity index (χ3n) is 8.82. The zero-order chi connectivity index (χ0) is 39.7. The van der Waals surface area contributed by atoms with E-state index >= 15 is 0 Å². The van der Waals surface area contributed by atoms with E-state index in [9.17, 15) is 51.9 Å². The normalized spacial score (nSPS) is 12.8. The van der Waals surface area contributed by atoms with Gasteiger partial charge in [-0.15, -0.1) is 0 Å². The van der Waals surface area contributed by atoms with Gasteiger partial charge in [-0.1, -0.05) is 72.8 Å². The van der Waals surface area contributed by atoms with Gasteiger partial charge in [0.2, 0.25) is 0 Å². The number of rotatable bonds is 4. The van der Waals surface area contributed by atoms with Crippen molar-refractivity contribution >= 4 is 84.6 Å². The monoisotopic (exact) mass is 1230 g/mol. The number of aromatic amines is 2. The van der Waals surface area contributed by atoms with Crippen LogP contribution in [0.5, 0.6) is 0 Å². The molecular formula is C32H14Hg2N8O12S4. The molecule has 2 aliphatic rings. The summed E-state index contributed by atoms with van der Waals surface area (Å²) in [5, 5.41) is -1.56. The third-order valence-corrected chi connectivity index (χ3v) is 12.8. The average molecular weight is 1230 g/mol. The number of aromatic nitrogens is 8. The minimum absolute atomic E-state index is 0. The van der Waals surface area contributed by atoms with Gasteiger partial charge in [0.15, 0.2) is 23.3 Å². The number of hydrogen-bond acceptors (Lipinski definition) is 18. The summed E-state index contributed by atoms with van der Waals surface area (Å²) in [6, 6.07) is 19.6. The Labute approximate surface area is 366 Å². The predicted molar refractivity (Wildman–Crippen MR) is 188 cm³/mol. The Morgan fingerprint density at radius 2 is 0.621 bits per heavy atom. The Hall–Kier alpha value is -4.25. The van der Waals surface area contributed by atoms with Crippen molar-refractivity contribution in [3.63, 3.8) is 0 Å². The van der Waals surface area contributed by atoms with Gasteiger partial charge in [0.05, 0.1) is 19.6 Å². The van der Waals surface area contributed by atoms with Crippen LogP contribution in [0.1, 0.15) is 0 Å². The van der Waals surface area contributed by atoms with Crippen molar-refractivity contribution in [1.29, 1.82) is 0 Å². The zero-order valence-electron chi connectivity index (χ0n) is 28.6. The van der Waals surface area contributed by atoms with Crippen molar-refractivity contribution in [3.05, 3.63) is 72.8 Å². The maximum absolute atomic E-state index is 13.0. The Morgan fingerprint density at radius 3 is 0.914 bits per heavy atom. The van der Waals surface area contributed by atoms with Crippen molar-refractivity contribution in [2.45, 2.75) is 19.6 Å². The molecule has 7 aromatic rings. The van der Waals surface area contributed by atoms with Crippen LogP contribution in [0.4, 0.5) is 0 Å². The maximum Gasteiger partial charge on any atom is 2.00 e. The molecule has 0 fully saturated rings. The molecular weight excluding hydrogens is 1220 g/mol. The molecule has 5 heterocycles. The summed E-state index contributed by atoms with van der Waals surface area (Å²) in [6.45, 7) is 0. The first-order valence-corrected chi connectivity index (χ1v) is 21.1. The van der Waals surface area contributed by atoms with Gasteiger partial charge in [-0.3, -0.25) is 0 Å². The second-order valence-electron chi connectivity index (χ2n) is 12.1. The molecule has 0 atom stereocenters. The molecule has 20 nitrogen and oxygen atoms in total. The molecule has 9 rings (SSSR count). The van der Waals surface area contributed by atoms with Gasteiger partial charge < -0.3 is 28.2 Å². The minimum atomic E-state index is -6.60. The molecule has 2 aliphatic heterocycles. The van der Waals surface area contributed by atoms with E-state index in [1.54, 1.807) is 60.7 Å². The molecule has 2 N–H and O–H groups in total. The van der Waals surface area contributed by atoms with Crippen molar-refractivity contribution in [2.75, 3.05) is 0 Å². The summed E-state index contributed by atoms with van der Waals surface area (Å²) in [5.74, 6) is -0.637. The topological polar surface area (TPSA) is 338 Å². The van der Waals surface area contributed by atoms with Crippen molar-refractivity contribution in [3.8, 4) is 45.6 Å². The molecule has 26 heteroatoms. The van der Waals surface area contributed by atoms with Crippen LogP contribution in [0.15, 0.2) is 92.4 Å². The van der Waals surface area contributed by atoms with E-state index in [-0.39, 0.29) is 101 Å². The molecule has 3 aromatic heterocycles. The van der Waals surface area contributed by atoms with Gasteiger partial charge in [-0.2, -0.15) is 0 Å². The van der Waals surface area contributed by atoms with E-state index in [0.717, 1.165) is 0 Å². The van der Waals surface area contributed by atoms with Gasteiger partial charge in [-0.05, 0) is 0 Å². The fraction of sp³-hybridized carbons (Fsp3) is 0. The quantitative estimate of drug-likeness (QED) is 0.189. The maximum atomic E-state index is 13.0. The molecule has 0 saturated carbocycles. The van der Waals surface area contributed by atoms with Crippen LogP contribution in [-0.2, 0) is 95.8 Å². The van der Waals surface area contributed by atoms with Crippen LogP contribution in [0.3, 0.4) is 0 Å². The van der Waals surface area contributed by atoms with Gasteiger partial charge in [-0.25, -0.2) is 63.6 Å². The predicted octanol–water partition coefficient (Wildman–Crippen LogP) is 2.48. The number of benzene rings is 4. The Balaban J connectivity index is 0.00000256. The van der Waals surface area contributed by atoms with E-state index in [1.165, 1.54) is 12.1 Å². The molecule has 0 amide bonds. The van der Waals surface area contributed by atoms with Crippen molar-refractivity contribution < 1.29 is 107 Å². The molecule has 0 unspecified atom stereocenters. The molecule has 58 heavy (non-hydrogen) atoms. The third kappa shape index (κ3) is 6.73. The number of nitrogens with one attached hydrogen (secondary N) is 2.